The van der Waals surface area contributed by atoms with E-state index in [9.17, 15) is 17.6 Å². The number of carbonyl (C=O) groups is 1. The zero-order valence-electron chi connectivity index (χ0n) is 15.4. The van der Waals surface area contributed by atoms with E-state index in [0.717, 1.165) is 10.8 Å². The topological polar surface area (TPSA) is 66.5 Å². The molecule has 3 aromatic carbocycles. The van der Waals surface area contributed by atoms with Gasteiger partial charge in [0.05, 0.1) is 4.90 Å². The van der Waals surface area contributed by atoms with Crippen molar-refractivity contribution in [3.63, 3.8) is 0 Å². The highest BCUT2D eigenvalue weighted by atomic mass is 32.2. The van der Waals surface area contributed by atoms with Crippen LogP contribution < -0.4 is 4.72 Å². The summed E-state index contributed by atoms with van der Waals surface area (Å²) in [5, 5.41) is 1.78. The van der Waals surface area contributed by atoms with E-state index in [0.29, 0.717) is 5.56 Å². The number of hydrogen-bond acceptors (Lipinski definition) is 3. The van der Waals surface area contributed by atoms with E-state index < -0.39 is 10.0 Å². The van der Waals surface area contributed by atoms with Gasteiger partial charge in [0, 0.05) is 32.1 Å². The fourth-order valence-corrected chi connectivity index (χ4v) is 3.94. The Labute approximate surface area is 163 Å². The molecule has 0 unspecified atom stereocenters. The summed E-state index contributed by atoms with van der Waals surface area (Å²) in [6.45, 7) is 0.0958. The van der Waals surface area contributed by atoms with Crippen LogP contribution in [0.25, 0.3) is 10.8 Å². The van der Waals surface area contributed by atoms with Gasteiger partial charge in [0.2, 0.25) is 15.9 Å². The first-order valence-corrected chi connectivity index (χ1v) is 10.3. The highest BCUT2D eigenvalue weighted by Gasteiger charge is 2.16. The van der Waals surface area contributed by atoms with Gasteiger partial charge in [-0.1, -0.05) is 48.5 Å². The second-order valence-electron chi connectivity index (χ2n) is 6.50. The van der Waals surface area contributed by atoms with Crippen LogP contribution in [0.15, 0.2) is 71.6 Å². The van der Waals surface area contributed by atoms with E-state index >= 15 is 0 Å². The van der Waals surface area contributed by atoms with Gasteiger partial charge in [0.1, 0.15) is 5.82 Å². The van der Waals surface area contributed by atoms with Crippen molar-refractivity contribution in [1.29, 1.82) is 0 Å². The molecule has 0 aliphatic rings. The predicted octanol–water partition coefficient (Wildman–Crippen LogP) is 3.31. The first-order chi connectivity index (χ1) is 13.4. The number of rotatable bonds is 7. The maximum Gasteiger partial charge on any atom is 0.240 e. The molecule has 3 aromatic rings. The molecule has 0 fully saturated rings. The predicted molar refractivity (Wildman–Crippen MR) is 107 cm³/mol. The minimum Gasteiger partial charge on any atom is -0.341 e. The highest BCUT2D eigenvalue weighted by Crippen LogP contribution is 2.18. The molecule has 3 rings (SSSR count). The van der Waals surface area contributed by atoms with Crippen molar-refractivity contribution in [2.75, 3.05) is 13.6 Å². The van der Waals surface area contributed by atoms with Crippen LogP contribution in [0.1, 0.15) is 12.0 Å². The summed E-state index contributed by atoms with van der Waals surface area (Å²) in [5.74, 6) is -0.649. The second kappa shape index (κ2) is 8.50. The van der Waals surface area contributed by atoms with E-state index in [4.69, 9.17) is 0 Å². The lowest BCUT2D eigenvalue weighted by atomic mass is 10.1. The van der Waals surface area contributed by atoms with Gasteiger partial charge >= 0.3 is 0 Å². The molecule has 7 heteroatoms. The largest absolute Gasteiger partial charge is 0.341 e. The molecule has 0 aliphatic heterocycles. The maximum absolute atomic E-state index is 13.7. The van der Waals surface area contributed by atoms with Crippen LogP contribution in [0.3, 0.4) is 0 Å². The number of nitrogens with one attached hydrogen (secondary N) is 1. The fraction of sp³-hybridized carbons (Fsp3) is 0.190. The molecule has 28 heavy (non-hydrogen) atoms. The summed E-state index contributed by atoms with van der Waals surface area (Å²) in [6.07, 6.45) is -0.0161. The van der Waals surface area contributed by atoms with Crippen molar-refractivity contribution < 1.29 is 17.6 Å². The zero-order valence-corrected chi connectivity index (χ0v) is 16.2. The Kier molecular flexibility index (Phi) is 6.06. The van der Waals surface area contributed by atoms with Crippen molar-refractivity contribution in [1.82, 2.24) is 9.62 Å². The Morgan fingerprint density at radius 3 is 2.43 bits per heavy atom. The molecule has 0 heterocycles. The van der Waals surface area contributed by atoms with E-state index in [1.807, 2.05) is 24.3 Å². The molecule has 1 N–H and O–H groups in total. The summed E-state index contributed by atoms with van der Waals surface area (Å²) in [7, 11) is -2.16. The lowest BCUT2D eigenvalue weighted by Gasteiger charge is -2.18. The Morgan fingerprint density at radius 2 is 1.68 bits per heavy atom. The smallest absolute Gasteiger partial charge is 0.240 e. The lowest BCUT2D eigenvalue weighted by molar-refractivity contribution is -0.130. The van der Waals surface area contributed by atoms with Gasteiger partial charge < -0.3 is 4.90 Å². The van der Waals surface area contributed by atoms with Crippen LogP contribution in [-0.2, 0) is 21.4 Å². The zero-order chi connectivity index (χ0) is 20.1. The average molecular weight is 400 g/mol. The van der Waals surface area contributed by atoms with Gasteiger partial charge in [-0.3, -0.25) is 4.79 Å². The minimum atomic E-state index is -3.72. The number of halogens is 1. The first kappa shape index (κ1) is 20.0. The number of sulfonamides is 1. The van der Waals surface area contributed by atoms with Gasteiger partial charge in [-0.05, 0) is 29.0 Å². The van der Waals surface area contributed by atoms with Gasteiger partial charge in [-0.25, -0.2) is 17.5 Å². The van der Waals surface area contributed by atoms with E-state index in [1.165, 1.54) is 17.0 Å². The maximum atomic E-state index is 13.7. The van der Waals surface area contributed by atoms with Crippen LogP contribution in [0, 0.1) is 5.82 Å². The summed E-state index contributed by atoms with van der Waals surface area (Å²) in [4.78, 5) is 13.8. The van der Waals surface area contributed by atoms with Crippen molar-refractivity contribution >= 4 is 26.7 Å². The Hall–Kier alpha value is -2.77. The normalized spacial score (nSPS) is 11.5. The van der Waals surface area contributed by atoms with Crippen molar-refractivity contribution in [3.05, 3.63) is 78.1 Å². The van der Waals surface area contributed by atoms with E-state index in [-0.39, 0.29) is 36.1 Å². The molecule has 5 nitrogen and oxygen atoms in total. The minimum absolute atomic E-state index is 0.0161. The number of benzene rings is 3. The highest BCUT2D eigenvalue weighted by molar-refractivity contribution is 7.89. The van der Waals surface area contributed by atoms with Gasteiger partial charge in [0.15, 0.2) is 0 Å². The molecule has 0 spiro atoms. The summed E-state index contributed by atoms with van der Waals surface area (Å²) < 4.78 is 41.1. The monoisotopic (exact) mass is 400 g/mol. The molecule has 1 amide bonds. The third-order valence-corrected chi connectivity index (χ3v) is 5.91. The molecule has 146 valence electrons. The van der Waals surface area contributed by atoms with Crippen molar-refractivity contribution in [3.8, 4) is 0 Å². The molecule has 0 bridgehead atoms. The Bertz CT molecular complexity index is 1100. The number of amides is 1. The Morgan fingerprint density at radius 1 is 1.00 bits per heavy atom. The SMILES string of the molecule is CN(Cc1ccccc1F)C(=O)CCNS(=O)(=O)c1ccc2ccccc2c1. The third-order valence-electron chi connectivity index (χ3n) is 4.45. The van der Waals surface area contributed by atoms with E-state index in [1.54, 1.807) is 37.4 Å². The number of fused-ring (bicyclic) bond motifs is 1. The number of hydrogen-bond donors (Lipinski definition) is 1. The lowest BCUT2D eigenvalue weighted by Crippen LogP contribution is -2.32. The van der Waals surface area contributed by atoms with Crippen LogP contribution in [-0.4, -0.2) is 32.8 Å². The molecule has 0 saturated carbocycles. The van der Waals surface area contributed by atoms with Crippen molar-refractivity contribution in [2.45, 2.75) is 17.9 Å². The van der Waals surface area contributed by atoms with E-state index in [2.05, 4.69) is 4.72 Å². The van der Waals surface area contributed by atoms with Crippen LogP contribution in [0.2, 0.25) is 0 Å². The fourth-order valence-electron chi connectivity index (χ4n) is 2.87. The standard InChI is InChI=1S/C21H21FN2O3S/c1-24(15-18-8-4-5-9-20(18)22)21(25)12-13-23-28(26,27)19-11-10-16-6-2-3-7-17(16)14-19/h2-11,14,23H,12-13,15H2,1H3. The van der Waals surface area contributed by atoms with Gasteiger partial charge in [-0.15, -0.1) is 0 Å². The molecular formula is C21H21FN2O3S. The number of carbonyl (C=O) groups excluding carboxylic acids is 1. The molecule has 0 atom stereocenters. The van der Waals surface area contributed by atoms with Crippen LogP contribution >= 0.6 is 0 Å². The summed E-state index contributed by atoms with van der Waals surface area (Å²) >= 11 is 0. The quantitative estimate of drug-likeness (QED) is 0.662. The van der Waals surface area contributed by atoms with Gasteiger partial charge in [0.25, 0.3) is 0 Å². The summed E-state index contributed by atoms with van der Waals surface area (Å²) in [5.41, 5.74) is 0.412. The first-order valence-electron chi connectivity index (χ1n) is 8.83. The molecule has 0 aliphatic carbocycles. The Balaban J connectivity index is 1.58. The third kappa shape index (κ3) is 4.74. The molecule has 0 saturated heterocycles. The summed E-state index contributed by atoms with van der Waals surface area (Å²) in [6, 6.07) is 18.6. The van der Waals surface area contributed by atoms with Crippen molar-refractivity contribution in [2.24, 2.45) is 0 Å². The molecule has 0 aromatic heterocycles. The van der Waals surface area contributed by atoms with Crippen LogP contribution in [0.5, 0.6) is 0 Å². The van der Waals surface area contributed by atoms with Crippen LogP contribution in [0.4, 0.5) is 4.39 Å². The van der Waals surface area contributed by atoms with Gasteiger partial charge in [-0.2, -0.15) is 0 Å². The second-order valence-corrected chi connectivity index (χ2v) is 8.26. The molecule has 0 radical (unpaired) electrons. The average Bonchev–Trinajstić information content (AvgIpc) is 2.69. The number of nitrogens with zero attached hydrogens (tertiary/aromatic N) is 1. The molecular weight excluding hydrogens is 379 g/mol.